The summed E-state index contributed by atoms with van der Waals surface area (Å²) in [6.45, 7) is 19.3. The lowest BCUT2D eigenvalue weighted by Crippen LogP contribution is -2.64. The number of hydrogen-bond donors (Lipinski definition) is 1. The summed E-state index contributed by atoms with van der Waals surface area (Å²) in [7, 11) is -1.94. The van der Waals surface area contributed by atoms with Crippen molar-refractivity contribution >= 4 is 25.9 Å². The highest BCUT2D eigenvalue weighted by Gasteiger charge is 2.42. The quantitative estimate of drug-likeness (QED) is 0.304. The zero-order valence-corrected chi connectivity index (χ0v) is 30.0. The van der Waals surface area contributed by atoms with Crippen LogP contribution < -0.4 is 10.1 Å². The highest BCUT2D eigenvalue weighted by atomic mass is 28.4. The fraction of sp³-hybridized carbons (Fsp3) is 0.576. The maximum atomic E-state index is 13.9. The van der Waals surface area contributed by atoms with Gasteiger partial charge in [-0.05, 0) is 57.5 Å². The zero-order chi connectivity index (χ0) is 35.0. The second-order valence-corrected chi connectivity index (χ2v) is 19.6. The number of hydrogen-bond acceptors (Lipinski definition) is 9. The van der Waals surface area contributed by atoms with Gasteiger partial charge >= 0.3 is 0 Å². The summed E-state index contributed by atoms with van der Waals surface area (Å²) in [6.07, 6.45) is 3.93. The van der Waals surface area contributed by atoms with Crippen LogP contribution in [0.25, 0.3) is 0 Å². The number of halogens is 2. The Balaban J connectivity index is 1.14. The van der Waals surface area contributed by atoms with Gasteiger partial charge in [-0.15, -0.1) is 0 Å². The number of benzene rings is 1. The normalized spacial score (nSPS) is 19.0. The van der Waals surface area contributed by atoms with E-state index in [1.54, 1.807) is 0 Å². The average Bonchev–Trinajstić information content (AvgIpc) is 3.43. The van der Waals surface area contributed by atoms with Gasteiger partial charge in [-0.25, -0.2) is 28.4 Å². The summed E-state index contributed by atoms with van der Waals surface area (Å²) in [5.41, 5.74) is -0.511. The van der Waals surface area contributed by atoms with E-state index in [4.69, 9.17) is 19.2 Å². The molecule has 1 N–H and O–H groups in total. The summed E-state index contributed by atoms with van der Waals surface area (Å²) in [5, 5.41) is 7.56. The molecule has 2 aliphatic heterocycles. The topological polar surface area (TPSA) is 128 Å². The molecule has 2 aromatic heterocycles. The highest BCUT2D eigenvalue weighted by molar-refractivity contribution is 6.74. The molecule has 2 aliphatic rings. The van der Waals surface area contributed by atoms with E-state index in [1.165, 1.54) is 12.4 Å². The van der Waals surface area contributed by atoms with Gasteiger partial charge in [-0.2, -0.15) is 5.10 Å². The molecule has 0 spiro atoms. The Hall–Kier alpha value is -3.82. The lowest BCUT2D eigenvalue weighted by molar-refractivity contribution is -0.147. The minimum absolute atomic E-state index is 0.0109. The molecule has 1 fully saturated rings. The molecular weight excluding hydrogens is 638 g/mol. The molecule has 5 rings (SSSR count). The largest absolute Gasteiger partial charge is 0.434 e. The molecule has 1 aromatic carbocycles. The number of aryl methyl sites for hydroxylation is 1. The standard InChI is InChI=1S/C33H46F2N8O4Si/c1-21(30(44)39-26-16-37-29(17-36-26)47-25-11-10-23(34)15-24(25)35)41-13-14-42(33(5,6)20-41)31(45)22-9-12-28-38-27(40-43(28)18-22)19-46-48(7,8)32(2,3)4/h10-11,15-17,21-22H,9,12-14,18-20H2,1-8H3,(H,36,39,44)/t21-,22?/m0/s1. The minimum Gasteiger partial charge on any atom is -0.434 e. The Morgan fingerprint density at radius 3 is 2.54 bits per heavy atom. The van der Waals surface area contributed by atoms with Crippen LogP contribution >= 0.6 is 0 Å². The summed E-state index contributed by atoms with van der Waals surface area (Å²) in [5.74, 6) is -0.424. The molecule has 12 nitrogen and oxygen atoms in total. The molecule has 2 atom stereocenters. The molecule has 0 aliphatic carbocycles. The number of anilines is 1. The van der Waals surface area contributed by atoms with Gasteiger partial charge in [0.25, 0.3) is 0 Å². The van der Waals surface area contributed by atoms with Gasteiger partial charge in [0, 0.05) is 32.1 Å². The van der Waals surface area contributed by atoms with Gasteiger partial charge in [-0.1, -0.05) is 20.8 Å². The second kappa shape index (κ2) is 13.6. The number of carbonyl (C=O) groups is 2. The molecule has 1 unspecified atom stereocenters. The van der Waals surface area contributed by atoms with Crippen LogP contribution in [0.15, 0.2) is 30.6 Å². The fourth-order valence-corrected chi connectivity index (χ4v) is 6.66. The molecule has 48 heavy (non-hydrogen) atoms. The van der Waals surface area contributed by atoms with Gasteiger partial charge in [-0.3, -0.25) is 14.5 Å². The van der Waals surface area contributed by atoms with Gasteiger partial charge in [0.1, 0.15) is 11.6 Å². The Morgan fingerprint density at radius 2 is 1.90 bits per heavy atom. The molecule has 2 amide bonds. The molecule has 1 saturated heterocycles. The van der Waals surface area contributed by atoms with E-state index >= 15 is 0 Å². The third-order valence-electron chi connectivity index (χ3n) is 9.73. The van der Waals surface area contributed by atoms with Crippen molar-refractivity contribution < 1.29 is 27.5 Å². The van der Waals surface area contributed by atoms with E-state index in [0.29, 0.717) is 57.5 Å². The van der Waals surface area contributed by atoms with E-state index in [1.807, 2.05) is 35.3 Å². The number of aromatic nitrogens is 5. The number of rotatable bonds is 9. The molecular formula is C33H46F2N8O4Si. The fourth-order valence-electron chi connectivity index (χ4n) is 5.74. The Morgan fingerprint density at radius 1 is 1.15 bits per heavy atom. The molecule has 260 valence electrons. The molecule has 0 saturated carbocycles. The number of nitrogens with one attached hydrogen (secondary N) is 1. The number of ether oxygens (including phenoxy) is 1. The van der Waals surface area contributed by atoms with Crippen LogP contribution in [0.1, 0.15) is 59.6 Å². The van der Waals surface area contributed by atoms with Crippen molar-refractivity contribution in [3.05, 3.63) is 53.9 Å². The SMILES string of the molecule is C[C@@H](C(=O)Nc1cnc(Oc2ccc(F)cc2F)cn1)N1CCN(C(=O)C2CCc3nc(CO[Si](C)(C)C(C)(C)C)nn3C2)C(C)(C)C1. The van der Waals surface area contributed by atoms with Crippen LogP contribution in [-0.4, -0.2) is 85.9 Å². The first kappa shape index (κ1) is 35.5. The molecule has 3 aromatic rings. The maximum absolute atomic E-state index is 13.9. The van der Waals surface area contributed by atoms with Crippen molar-refractivity contribution in [3.8, 4) is 11.6 Å². The van der Waals surface area contributed by atoms with Crippen LogP contribution in [0.2, 0.25) is 18.1 Å². The van der Waals surface area contributed by atoms with Crippen LogP contribution in [0.5, 0.6) is 11.6 Å². The minimum atomic E-state index is -1.94. The molecule has 4 heterocycles. The zero-order valence-electron chi connectivity index (χ0n) is 29.0. The van der Waals surface area contributed by atoms with Gasteiger partial charge in [0.05, 0.1) is 43.0 Å². The maximum Gasteiger partial charge on any atom is 0.242 e. The van der Waals surface area contributed by atoms with Crippen molar-refractivity contribution in [1.29, 1.82) is 0 Å². The predicted molar refractivity (Wildman–Crippen MR) is 178 cm³/mol. The number of piperazine rings is 1. The van der Waals surface area contributed by atoms with E-state index in [9.17, 15) is 18.4 Å². The second-order valence-electron chi connectivity index (χ2n) is 14.8. The van der Waals surface area contributed by atoms with E-state index in [0.717, 1.165) is 18.0 Å². The highest BCUT2D eigenvalue weighted by Crippen LogP contribution is 2.37. The van der Waals surface area contributed by atoms with Crippen LogP contribution in [-0.2, 0) is 33.6 Å². The Bertz CT molecular complexity index is 1640. The summed E-state index contributed by atoms with van der Waals surface area (Å²) in [4.78, 5) is 44.0. The predicted octanol–water partition coefficient (Wildman–Crippen LogP) is 5.17. The first-order chi connectivity index (χ1) is 22.4. The summed E-state index contributed by atoms with van der Waals surface area (Å²) in [6, 6.07) is 2.43. The summed E-state index contributed by atoms with van der Waals surface area (Å²) < 4.78 is 40.6. The van der Waals surface area contributed by atoms with Crippen LogP contribution in [0.4, 0.5) is 14.6 Å². The number of amides is 2. The number of fused-ring (bicyclic) bond motifs is 1. The summed E-state index contributed by atoms with van der Waals surface area (Å²) >= 11 is 0. The van der Waals surface area contributed by atoms with Gasteiger partial charge < -0.3 is 19.4 Å². The van der Waals surface area contributed by atoms with Crippen molar-refractivity contribution in [2.45, 2.75) is 97.2 Å². The van der Waals surface area contributed by atoms with Crippen molar-refractivity contribution in [2.24, 2.45) is 5.92 Å². The van der Waals surface area contributed by atoms with E-state index < -0.39 is 31.5 Å². The van der Waals surface area contributed by atoms with E-state index in [2.05, 4.69) is 49.1 Å². The third-order valence-corrected chi connectivity index (χ3v) is 14.2. The first-order valence-electron chi connectivity index (χ1n) is 16.3. The van der Waals surface area contributed by atoms with Gasteiger partial charge in [0.2, 0.25) is 17.7 Å². The molecule has 15 heteroatoms. The van der Waals surface area contributed by atoms with Crippen LogP contribution in [0.3, 0.4) is 0 Å². The van der Waals surface area contributed by atoms with Crippen molar-refractivity contribution in [1.82, 2.24) is 34.5 Å². The van der Waals surface area contributed by atoms with Crippen molar-refractivity contribution in [2.75, 3.05) is 25.0 Å². The van der Waals surface area contributed by atoms with Crippen molar-refractivity contribution in [3.63, 3.8) is 0 Å². The third kappa shape index (κ3) is 7.89. The Labute approximate surface area is 281 Å². The number of carbonyl (C=O) groups excluding carboxylic acids is 2. The van der Waals surface area contributed by atoms with E-state index in [-0.39, 0.29) is 40.2 Å². The molecule has 0 radical (unpaired) electrons. The first-order valence-corrected chi connectivity index (χ1v) is 19.2. The smallest absolute Gasteiger partial charge is 0.242 e. The monoisotopic (exact) mass is 684 g/mol. The van der Waals surface area contributed by atoms with Gasteiger partial charge in [0.15, 0.2) is 31.5 Å². The molecule has 0 bridgehead atoms. The van der Waals surface area contributed by atoms with Crippen LogP contribution in [0, 0.1) is 17.6 Å². The lowest BCUT2D eigenvalue weighted by atomic mass is 9.92. The average molecular weight is 685 g/mol. The lowest BCUT2D eigenvalue weighted by Gasteiger charge is -2.49. The Kier molecular flexibility index (Phi) is 10.0. The number of nitrogens with zero attached hydrogens (tertiary/aromatic N) is 7.